The SMILES string of the molecule is Brc1cccc2c1ccn2CC1Cc2ccccc21. The van der Waals surface area contributed by atoms with Gasteiger partial charge in [0.2, 0.25) is 0 Å². The van der Waals surface area contributed by atoms with E-state index in [-0.39, 0.29) is 0 Å². The molecule has 0 radical (unpaired) electrons. The first-order chi connectivity index (χ1) is 9.33. The molecule has 0 bridgehead atoms. The minimum atomic E-state index is 0.672. The second-order valence-corrected chi connectivity index (χ2v) is 6.09. The molecule has 1 nitrogen and oxygen atoms in total. The van der Waals surface area contributed by atoms with Crippen LogP contribution in [0.1, 0.15) is 17.0 Å². The van der Waals surface area contributed by atoms with E-state index >= 15 is 0 Å². The van der Waals surface area contributed by atoms with Crippen LogP contribution in [0, 0.1) is 0 Å². The number of hydrogen-bond donors (Lipinski definition) is 0. The Morgan fingerprint density at radius 2 is 1.95 bits per heavy atom. The maximum absolute atomic E-state index is 3.62. The van der Waals surface area contributed by atoms with Crippen molar-refractivity contribution in [1.82, 2.24) is 4.57 Å². The van der Waals surface area contributed by atoms with Crippen molar-refractivity contribution in [3.8, 4) is 0 Å². The fraction of sp³-hybridized carbons (Fsp3) is 0.176. The Hall–Kier alpha value is -1.54. The zero-order valence-electron chi connectivity index (χ0n) is 10.5. The van der Waals surface area contributed by atoms with Gasteiger partial charge in [0.25, 0.3) is 0 Å². The van der Waals surface area contributed by atoms with Crippen molar-refractivity contribution >= 4 is 26.8 Å². The van der Waals surface area contributed by atoms with Gasteiger partial charge in [-0.3, -0.25) is 0 Å². The zero-order valence-corrected chi connectivity index (χ0v) is 12.1. The smallest absolute Gasteiger partial charge is 0.0491 e. The van der Waals surface area contributed by atoms with E-state index in [4.69, 9.17) is 0 Å². The number of aromatic nitrogens is 1. The minimum Gasteiger partial charge on any atom is -0.347 e. The van der Waals surface area contributed by atoms with E-state index in [1.807, 2.05) is 0 Å². The van der Waals surface area contributed by atoms with Crippen LogP contribution in [0.4, 0.5) is 0 Å². The molecule has 0 aliphatic heterocycles. The third kappa shape index (κ3) is 1.74. The molecule has 1 unspecified atom stereocenters. The highest BCUT2D eigenvalue weighted by Crippen LogP contribution is 2.37. The van der Waals surface area contributed by atoms with Gasteiger partial charge in [-0.05, 0) is 35.7 Å². The van der Waals surface area contributed by atoms with Gasteiger partial charge in [-0.25, -0.2) is 0 Å². The third-order valence-electron chi connectivity index (χ3n) is 4.14. The standard InChI is InChI=1S/C17H14BrN/c18-16-6-3-7-17-15(16)8-9-19(17)11-13-10-12-4-1-2-5-14(12)13/h1-9,13H,10-11H2. The fourth-order valence-corrected chi connectivity index (χ4v) is 3.60. The molecule has 1 aliphatic carbocycles. The second kappa shape index (κ2) is 4.24. The summed E-state index contributed by atoms with van der Waals surface area (Å²) in [5.41, 5.74) is 4.36. The van der Waals surface area contributed by atoms with Crippen molar-refractivity contribution in [2.45, 2.75) is 18.9 Å². The molecule has 1 atom stereocenters. The van der Waals surface area contributed by atoms with Crippen molar-refractivity contribution in [3.05, 3.63) is 70.3 Å². The van der Waals surface area contributed by atoms with E-state index in [0.29, 0.717) is 5.92 Å². The lowest BCUT2D eigenvalue weighted by molar-refractivity contribution is 0.518. The van der Waals surface area contributed by atoms with Gasteiger partial charge in [-0.1, -0.05) is 46.3 Å². The summed E-state index contributed by atoms with van der Waals surface area (Å²) in [5, 5.41) is 1.30. The van der Waals surface area contributed by atoms with Crippen LogP contribution in [0.3, 0.4) is 0 Å². The van der Waals surface area contributed by atoms with Gasteiger partial charge in [0.1, 0.15) is 0 Å². The molecule has 1 heterocycles. The first kappa shape index (κ1) is 11.3. The van der Waals surface area contributed by atoms with Crippen LogP contribution < -0.4 is 0 Å². The summed E-state index contributed by atoms with van der Waals surface area (Å²) in [4.78, 5) is 0. The van der Waals surface area contributed by atoms with Crippen LogP contribution >= 0.6 is 15.9 Å². The number of hydrogen-bond acceptors (Lipinski definition) is 0. The molecule has 19 heavy (non-hydrogen) atoms. The van der Waals surface area contributed by atoms with Gasteiger partial charge in [0.05, 0.1) is 0 Å². The lowest BCUT2D eigenvalue weighted by atomic mass is 9.77. The van der Waals surface area contributed by atoms with Crippen LogP contribution in [-0.2, 0) is 13.0 Å². The Morgan fingerprint density at radius 1 is 1.05 bits per heavy atom. The molecule has 0 saturated carbocycles. The molecule has 1 aromatic heterocycles. The molecular formula is C17H14BrN. The Morgan fingerprint density at radius 3 is 2.84 bits per heavy atom. The summed E-state index contributed by atoms with van der Waals surface area (Å²) in [6, 6.07) is 17.4. The minimum absolute atomic E-state index is 0.672. The predicted octanol–water partition coefficient (Wildman–Crippen LogP) is 4.74. The van der Waals surface area contributed by atoms with E-state index in [9.17, 15) is 0 Å². The molecule has 0 amide bonds. The lowest BCUT2D eigenvalue weighted by Gasteiger charge is -2.30. The molecule has 2 aromatic carbocycles. The average molecular weight is 312 g/mol. The fourth-order valence-electron chi connectivity index (χ4n) is 3.11. The van der Waals surface area contributed by atoms with Crippen molar-refractivity contribution < 1.29 is 0 Å². The van der Waals surface area contributed by atoms with E-state index in [1.165, 1.54) is 32.9 Å². The molecule has 94 valence electrons. The topological polar surface area (TPSA) is 4.93 Å². The maximum atomic E-state index is 3.62. The number of halogens is 1. The summed E-state index contributed by atoms with van der Waals surface area (Å²) >= 11 is 3.62. The third-order valence-corrected chi connectivity index (χ3v) is 4.83. The summed E-state index contributed by atoms with van der Waals surface area (Å²) in [5.74, 6) is 0.672. The van der Waals surface area contributed by atoms with Crippen molar-refractivity contribution in [2.75, 3.05) is 0 Å². The Kier molecular flexibility index (Phi) is 2.52. The lowest BCUT2D eigenvalue weighted by Crippen LogP contribution is -2.21. The predicted molar refractivity (Wildman–Crippen MR) is 82.5 cm³/mol. The van der Waals surface area contributed by atoms with Crippen molar-refractivity contribution in [1.29, 1.82) is 0 Å². The van der Waals surface area contributed by atoms with Gasteiger partial charge >= 0.3 is 0 Å². The first-order valence-electron chi connectivity index (χ1n) is 6.64. The monoisotopic (exact) mass is 311 g/mol. The molecule has 0 N–H and O–H groups in total. The molecule has 3 aromatic rings. The molecule has 1 aliphatic rings. The maximum Gasteiger partial charge on any atom is 0.0491 e. The normalized spacial score (nSPS) is 17.2. The quantitative estimate of drug-likeness (QED) is 0.644. The van der Waals surface area contributed by atoms with E-state index in [2.05, 4.69) is 75.2 Å². The summed E-state index contributed by atoms with van der Waals surface area (Å²) in [6.07, 6.45) is 3.42. The van der Waals surface area contributed by atoms with Crippen LogP contribution in [0.5, 0.6) is 0 Å². The number of nitrogens with zero attached hydrogens (tertiary/aromatic N) is 1. The summed E-state index contributed by atoms with van der Waals surface area (Å²) in [6.45, 7) is 1.08. The average Bonchev–Trinajstić information content (AvgIpc) is 2.81. The van der Waals surface area contributed by atoms with Crippen molar-refractivity contribution in [2.24, 2.45) is 0 Å². The van der Waals surface area contributed by atoms with Crippen molar-refractivity contribution in [3.63, 3.8) is 0 Å². The highest BCUT2D eigenvalue weighted by atomic mass is 79.9. The van der Waals surface area contributed by atoms with Gasteiger partial charge in [-0.2, -0.15) is 0 Å². The van der Waals surface area contributed by atoms with Crippen LogP contribution in [0.2, 0.25) is 0 Å². The first-order valence-corrected chi connectivity index (χ1v) is 7.43. The number of rotatable bonds is 2. The summed E-state index contributed by atoms with van der Waals surface area (Å²) in [7, 11) is 0. The van der Waals surface area contributed by atoms with E-state index in [0.717, 1.165) is 6.54 Å². The van der Waals surface area contributed by atoms with Crippen LogP contribution in [0.25, 0.3) is 10.9 Å². The molecule has 4 rings (SSSR count). The highest BCUT2D eigenvalue weighted by molar-refractivity contribution is 9.10. The Bertz CT molecular complexity index is 757. The Labute approximate surface area is 121 Å². The molecule has 0 spiro atoms. The van der Waals surface area contributed by atoms with Crippen LogP contribution in [-0.4, -0.2) is 4.57 Å². The zero-order chi connectivity index (χ0) is 12.8. The Balaban J connectivity index is 1.69. The van der Waals surface area contributed by atoms with Gasteiger partial charge in [-0.15, -0.1) is 0 Å². The number of fused-ring (bicyclic) bond motifs is 2. The number of benzene rings is 2. The van der Waals surface area contributed by atoms with E-state index < -0.39 is 0 Å². The second-order valence-electron chi connectivity index (χ2n) is 5.24. The van der Waals surface area contributed by atoms with Gasteiger partial charge < -0.3 is 4.57 Å². The van der Waals surface area contributed by atoms with Crippen LogP contribution in [0.15, 0.2) is 59.2 Å². The molecule has 2 heteroatoms. The van der Waals surface area contributed by atoms with Gasteiger partial charge in [0.15, 0.2) is 0 Å². The van der Waals surface area contributed by atoms with Gasteiger partial charge in [0, 0.05) is 34.0 Å². The molecule has 0 fully saturated rings. The molecule has 0 saturated heterocycles. The molecular weight excluding hydrogens is 298 g/mol. The largest absolute Gasteiger partial charge is 0.347 e. The highest BCUT2D eigenvalue weighted by Gasteiger charge is 2.25. The van der Waals surface area contributed by atoms with E-state index in [1.54, 1.807) is 0 Å². The summed E-state index contributed by atoms with van der Waals surface area (Å²) < 4.78 is 3.55.